The number of thioether (sulfide) groups is 1. The molecule has 1 aromatic carbocycles. The lowest BCUT2D eigenvalue weighted by molar-refractivity contribution is 0.0696. The molecule has 94 valence electrons. The van der Waals surface area contributed by atoms with Crippen LogP contribution in [0.25, 0.3) is 0 Å². The number of carboxylic acids is 1. The van der Waals surface area contributed by atoms with Gasteiger partial charge in [-0.2, -0.15) is 0 Å². The minimum Gasteiger partial charge on any atom is -0.478 e. The van der Waals surface area contributed by atoms with Gasteiger partial charge in [-0.25, -0.2) is 4.79 Å². The van der Waals surface area contributed by atoms with Crippen molar-refractivity contribution in [2.45, 2.75) is 17.6 Å². The smallest absolute Gasteiger partial charge is 0.335 e. The molecule has 0 saturated carbocycles. The van der Waals surface area contributed by atoms with Crippen LogP contribution in [0.1, 0.15) is 20.9 Å². The van der Waals surface area contributed by atoms with Gasteiger partial charge in [0, 0.05) is 4.90 Å². The van der Waals surface area contributed by atoms with E-state index in [4.69, 9.17) is 16.7 Å². The van der Waals surface area contributed by atoms with Crippen molar-refractivity contribution in [3.05, 3.63) is 38.8 Å². The fourth-order valence-electron chi connectivity index (χ4n) is 1.36. The Labute approximate surface area is 117 Å². The summed E-state index contributed by atoms with van der Waals surface area (Å²) in [5.41, 5.74) is 1.08. The summed E-state index contributed by atoms with van der Waals surface area (Å²) in [6.07, 6.45) is 0. The summed E-state index contributed by atoms with van der Waals surface area (Å²) < 4.78 is 0.417. The van der Waals surface area contributed by atoms with Gasteiger partial charge in [-0.05, 0) is 36.2 Å². The van der Waals surface area contributed by atoms with Crippen LogP contribution < -0.4 is 0 Å². The molecule has 0 saturated heterocycles. The van der Waals surface area contributed by atoms with Crippen molar-refractivity contribution in [2.24, 2.45) is 0 Å². The van der Waals surface area contributed by atoms with Gasteiger partial charge in [0.05, 0.1) is 11.3 Å². The highest BCUT2D eigenvalue weighted by Gasteiger charge is 2.09. The van der Waals surface area contributed by atoms with Crippen LogP contribution in [0.2, 0.25) is 4.47 Å². The molecule has 0 spiro atoms. The molecule has 0 fully saturated rings. The summed E-state index contributed by atoms with van der Waals surface area (Å²) in [7, 11) is 0. The fraction of sp³-hybridized carbons (Fsp3) is 0.182. The zero-order chi connectivity index (χ0) is 13.1. The van der Waals surface area contributed by atoms with Crippen LogP contribution in [0, 0.1) is 6.92 Å². The Bertz CT molecular complexity index is 586. The largest absolute Gasteiger partial charge is 0.478 e. The van der Waals surface area contributed by atoms with Gasteiger partial charge in [0.2, 0.25) is 4.47 Å². The molecule has 0 bridgehead atoms. The number of halogens is 1. The van der Waals surface area contributed by atoms with Crippen LogP contribution in [0.3, 0.4) is 0 Å². The molecule has 0 atom stereocenters. The molecule has 1 N–H and O–H groups in total. The fourth-order valence-corrected chi connectivity index (χ4v) is 3.15. The molecule has 18 heavy (non-hydrogen) atoms. The number of carbonyl (C=O) groups is 1. The Morgan fingerprint density at radius 1 is 1.50 bits per heavy atom. The minimum absolute atomic E-state index is 0.329. The number of nitrogens with zero attached hydrogens (tertiary/aromatic N) is 2. The molecule has 1 aromatic heterocycles. The molecule has 0 aliphatic heterocycles. The van der Waals surface area contributed by atoms with Crippen LogP contribution in [0.4, 0.5) is 0 Å². The first-order valence-electron chi connectivity index (χ1n) is 5.01. The molecule has 4 nitrogen and oxygen atoms in total. The number of hydrogen-bond acceptors (Lipinski definition) is 5. The summed E-state index contributed by atoms with van der Waals surface area (Å²) in [5.74, 6) is -0.277. The van der Waals surface area contributed by atoms with Crippen LogP contribution in [0.15, 0.2) is 23.1 Å². The number of aromatic nitrogens is 2. The molecule has 2 aromatic rings. The third-order valence-electron chi connectivity index (χ3n) is 2.24. The van der Waals surface area contributed by atoms with Gasteiger partial charge in [0.15, 0.2) is 0 Å². The van der Waals surface area contributed by atoms with E-state index in [9.17, 15) is 4.79 Å². The second-order valence-electron chi connectivity index (χ2n) is 3.52. The first-order chi connectivity index (χ1) is 8.56. The zero-order valence-corrected chi connectivity index (χ0v) is 11.8. The zero-order valence-electron chi connectivity index (χ0n) is 9.38. The van der Waals surface area contributed by atoms with Gasteiger partial charge < -0.3 is 5.11 Å². The summed E-state index contributed by atoms with van der Waals surface area (Å²) in [6, 6.07) is 5.37. The topological polar surface area (TPSA) is 63.1 Å². The van der Waals surface area contributed by atoms with Crippen molar-refractivity contribution in [3.63, 3.8) is 0 Å². The molecule has 2 rings (SSSR count). The van der Waals surface area contributed by atoms with Crippen molar-refractivity contribution in [3.8, 4) is 0 Å². The Morgan fingerprint density at radius 2 is 2.28 bits per heavy atom. The van der Waals surface area contributed by atoms with Gasteiger partial charge in [-0.1, -0.05) is 17.4 Å². The van der Waals surface area contributed by atoms with E-state index in [1.165, 1.54) is 23.1 Å². The van der Waals surface area contributed by atoms with Gasteiger partial charge in [-0.3, -0.25) is 0 Å². The molecule has 7 heteroatoms. The van der Waals surface area contributed by atoms with E-state index in [0.717, 1.165) is 15.5 Å². The number of benzene rings is 1. The Hall–Kier alpha value is -1.11. The maximum atomic E-state index is 11.0. The molecular formula is C11H9ClN2O2S2. The van der Waals surface area contributed by atoms with E-state index in [0.29, 0.717) is 15.8 Å². The van der Waals surface area contributed by atoms with E-state index in [2.05, 4.69) is 10.2 Å². The Morgan fingerprint density at radius 3 is 2.89 bits per heavy atom. The average Bonchev–Trinajstić information content (AvgIpc) is 2.74. The quantitative estimate of drug-likeness (QED) is 0.876. The highest BCUT2D eigenvalue weighted by molar-refractivity contribution is 7.98. The molecule has 0 radical (unpaired) electrons. The minimum atomic E-state index is -0.908. The average molecular weight is 301 g/mol. The molecule has 0 aliphatic rings. The maximum Gasteiger partial charge on any atom is 0.335 e. The van der Waals surface area contributed by atoms with Crippen molar-refractivity contribution in [1.82, 2.24) is 10.2 Å². The van der Waals surface area contributed by atoms with Crippen LogP contribution >= 0.6 is 34.7 Å². The van der Waals surface area contributed by atoms with Crippen LogP contribution in [-0.4, -0.2) is 21.3 Å². The Kier molecular flexibility index (Phi) is 4.21. The van der Waals surface area contributed by atoms with Crippen molar-refractivity contribution in [2.75, 3.05) is 0 Å². The standard InChI is InChI=1S/C11H9ClN2O2S2/c1-6-2-3-7(4-8(6)10(15)16)17-5-9-13-14-11(12)18-9/h2-4H,5H2,1H3,(H,15,16). The van der Waals surface area contributed by atoms with E-state index in [1.54, 1.807) is 19.1 Å². The maximum absolute atomic E-state index is 11.0. The number of rotatable bonds is 4. The van der Waals surface area contributed by atoms with Gasteiger partial charge in [-0.15, -0.1) is 22.0 Å². The van der Waals surface area contributed by atoms with E-state index in [-0.39, 0.29) is 0 Å². The lowest BCUT2D eigenvalue weighted by Gasteiger charge is -2.04. The third kappa shape index (κ3) is 3.22. The van der Waals surface area contributed by atoms with Gasteiger partial charge >= 0.3 is 5.97 Å². The van der Waals surface area contributed by atoms with E-state index >= 15 is 0 Å². The second kappa shape index (κ2) is 5.69. The molecule has 0 amide bonds. The summed E-state index contributed by atoms with van der Waals surface area (Å²) >= 11 is 8.53. The third-order valence-corrected chi connectivity index (χ3v) is 4.45. The first-order valence-corrected chi connectivity index (χ1v) is 7.19. The predicted octanol–water partition coefficient (Wildman–Crippen LogP) is 3.49. The highest BCUT2D eigenvalue weighted by Crippen LogP contribution is 2.27. The number of aryl methyl sites for hydroxylation is 1. The molecule has 0 unspecified atom stereocenters. The van der Waals surface area contributed by atoms with Gasteiger partial charge in [0.25, 0.3) is 0 Å². The summed E-state index contributed by atoms with van der Waals surface area (Å²) in [6.45, 7) is 1.78. The van der Waals surface area contributed by atoms with Crippen molar-refractivity contribution >= 4 is 40.7 Å². The summed E-state index contributed by atoms with van der Waals surface area (Å²) in [5, 5.41) is 17.5. The van der Waals surface area contributed by atoms with Gasteiger partial charge in [0.1, 0.15) is 5.01 Å². The Balaban J connectivity index is 2.10. The number of carboxylic acid groups (broad SMARTS) is 1. The normalized spacial score (nSPS) is 10.6. The molecular weight excluding hydrogens is 292 g/mol. The monoisotopic (exact) mass is 300 g/mol. The summed E-state index contributed by atoms with van der Waals surface area (Å²) in [4.78, 5) is 11.9. The molecule has 0 aliphatic carbocycles. The highest BCUT2D eigenvalue weighted by atomic mass is 35.5. The van der Waals surface area contributed by atoms with E-state index < -0.39 is 5.97 Å². The number of hydrogen-bond donors (Lipinski definition) is 1. The molecule has 1 heterocycles. The first kappa shape index (κ1) is 13.3. The van der Waals surface area contributed by atoms with E-state index in [1.807, 2.05) is 6.07 Å². The lowest BCUT2D eigenvalue weighted by atomic mass is 10.1. The SMILES string of the molecule is Cc1ccc(SCc2nnc(Cl)s2)cc1C(=O)O. The lowest BCUT2D eigenvalue weighted by Crippen LogP contribution is -1.99. The number of aromatic carboxylic acids is 1. The second-order valence-corrected chi connectivity index (χ2v) is 6.21. The van der Waals surface area contributed by atoms with Crippen molar-refractivity contribution < 1.29 is 9.90 Å². The predicted molar refractivity (Wildman–Crippen MR) is 72.6 cm³/mol. The van der Waals surface area contributed by atoms with Crippen LogP contribution in [-0.2, 0) is 5.75 Å². The van der Waals surface area contributed by atoms with Crippen LogP contribution in [0.5, 0.6) is 0 Å². The van der Waals surface area contributed by atoms with Crippen molar-refractivity contribution in [1.29, 1.82) is 0 Å².